The Balaban J connectivity index is 1.28. The van der Waals surface area contributed by atoms with E-state index in [2.05, 4.69) is 58.4 Å². The molecule has 1 saturated heterocycles. The van der Waals surface area contributed by atoms with Crippen LogP contribution >= 0.6 is 0 Å². The number of rotatable bonds is 6. The molecule has 2 aromatic rings. The molecule has 0 saturated carbocycles. The van der Waals surface area contributed by atoms with Crippen molar-refractivity contribution in [3.63, 3.8) is 0 Å². The lowest BCUT2D eigenvalue weighted by molar-refractivity contribution is 0.137. The van der Waals surface area contributed by atoms with Crippen molar-refractivity contribution in [1.82, 2.24) is 9.80 Å². The first-order chi connectivity index (χ1) is 13.3. The molecule has 0 bridgehead atoms. The molecule has 1 fully saturated rings. The van der Waals surface area contributed by atoms with Gasteiger partial charge in [0.25, 0.3) is 0 Å². The third-order valence-corrected chi connectivity index (χ3v) is 5.06. The van der Waals surface area contributed by atoms with Gasteiger partial charge in [-0.2, -0.15) is 0 Å². The van der Waals surface area contributed by atoms with E-state index in [9.17, 15) is 0 Å². The van der Waals surface area contributed by atoms with Crippen LogP contribution in [-0.4, -0.2) is 56.4 Å². The van der Waals surface area contributed by atoms with Crippen molar-refractivity contribution >= 4 is 6.08 Å². The molecule has 5 nitrogen and oxygen atoms in total. The number of hydrogen-bond acceptors (Lipinski definition) is 5. The molecule has 0 aliphatic carbocycles. The maximum atomic E-state index is 5.53. The summed E-state index contributed by atoms with van der Waals surface area (Å²) in [4.78, 5) is 4.98. The van der Waals surface area contributed by atoms with Gasteiger partial charge in [0.15, 0.2) is 11.5 Å². The molecule has 142 valence electrons. The van der Waals surface area contributed by atoms with Gasteiger partial charge >= 0.3 is 0 Å². The second-order valence-corrected chi connectivity index (χ2v) is 6.92. The predicted octanol–water partition coefficient (Wildman–Crippen LogP) is 3.25. The highest BCUT2D eigenvalue weighted by atomic mass is 16.7. The summed E-state index contributed by atoms with van der Waals surface area (Å²) in [7, 11) is 1.67. The zero-order chi connectivity index (χ0) is 18.5. The van der Waals surface area contributed by atoms with E-state index in [4.69, 9.17) is 14.2 Å². The molecular formula is C22H26N2O3. The first kappa shape index (κ1) is 17.9. The molecule has 27 heavy (non-hydrogen) atoms. The summed E-state index contributed by atoms with van der Waals surface area (Å²) in [6.07, 6.45) is 4.46. The normalized spacial score (nSPS) is 17.5. The lowest BCUT2D eigenvalue weighted by Gasteiger charge is -2.34. The average Bonchev–Trinajstić information content (AvgIpc) is 3.18. The van der Waals surface area contributed by atoms with Gasteiger partial charge in [-0.25, -0.2) is 0 Å². The minimum Gasteiger partial charge on any atom is -0.493 e. The van der Waals surface area contributed by atoms with E-state index in [0.29, 0.717) is 0 Å². The van der Waals surface area contributed by atoms with Crippen LogP contribution < -0.4 is 14.2 Å². The van der Waals surface area contributed by atoms with Crippen molar-refractivity contribution in [2.45, 2.75) is 6.54 Å². The van der Waals surface area contributed by atoms with Crippen molar-refractivity contribution in [2.75, 3.05) is 46.6 Å². The van der Waals surface area contributed by atoms with E-state index in [1.54, 1.807) is 7.11 Å². The molecule has 0 radical (unpaired) electrons. The van der Waals surface area contributed by atoms with Gasteiger partial charge in [0.05, 0.1) is 7.11 Å². The fourth-order valence-electron chi connectivity index (χ4n) is 3.57. The van der Waals surface area contributed by atoms with Crippen LogP contribution in [0.1, 0.15) is 11.1 Å². The zero-order valence-electron chi connectivity index (χ0n) is 15.8. The largest absolute Gasteiger partial charge is 0.493 e. The molecule has 0 unspecified atom stereocenters. The summed E-state index contributed by atoms with van der Waals surface area (Å²) in [5, 5.41) is 0. The van der Waals surface area contributed by atoms with Crippen LogP contribution in [0.2, 0.25) is 0 Å². The van der Waals surface area contributed by atoms with Crippen LogP contribution in [0.15, 0.2) is 48.5 Å². The van der Waals surface area contributed by atoms with Crippen LogP contribution in [0.5, 0.6) is 17.2 Å². The molecule has 0 spiro atoms. The molecule has 4 rings (SSSR count). The van der Waals surface area contributed by atoms with Gasteiger partial charge in [0, 0.05) is 39.3 Å². The van der Waals surface area contributed by atoms with Crippen molar-refractivity contribution in [3.05, 3.63) is 59.7 Å². The molecule has 0 atom stereocenters. The summed E-state index contributed by atoms with van der Waals surface area (Å²) in [5.41, 5.74) is 2.46. The lowest BCUT2D eigenvalue weighted by Crippen LogP contribution is -2.45. The predicted molar refractivity (Wildman–Crippen MR) is 106 cm³/mol. The summed E-state index contributed by atoms with van der Waals surface area (Å²) >= 11 is 0. The Morgan fingerprint density at radius 3 is 2.56 bits per heavy atom. The van der Waals surface area contributed by atoms with Gasteiger partial charge in [-0.3, -0.25) is 9.80 Å². The molecule has 2 aliphatic rings. The minimum absolute atomic E-state index is 0.268. The summed E-state index contributed by atoms with van der Waals surface area (Å²) in [5.74, 6) is 2.26. The highest BCUT2D eigenvalue weighted by Gasteiger charge is 2.22. The second-order valence-electron chi connectivity index (χ2n) is 6.92. The van der Waals surface area contributed by atoms with Gasteiger partial charge in [0.2, 0.25) is 12.5 Å². The Kier molecular flexibility index (Phi) is 5.61. The highest BCUT2D eigenvalue weighted by molar-refractivity contribution is 5.55. The number of fused-ring (bicyclic) bond motifs is 1. The summed E-state index contributed by atoms with van der Waals surface area (Å²) < 4.78 is 16.5. The van der Waals surface area contributed by atoms with Gasteiger partial charge < -0.3 is 14.2 Å². The number of nitrogens with zero attached hydrogens (tertiary/aromatic N) is 2. The first-order valence-corrected chi connectivity index (χ1v) is 9.44. The minimum atomic E-state index is 0.268. The highest BCUT2D eigenvalue weighted by Crippen LogP contribution is 2.42. The standard InChI is InChI=1S/C22H26N2O3/c1-25-20-14-19(15-21-22(20)27-17-26-21)16-24-12-10-23(11-13-24)9-5-8-18-6-3-2-4-7-18/h2-8,14-15H,9-13,16-17H2,1H3. The summed E-state index contributed by atoms with van der Waals surface area (Å²) in [6.45, 7) is 6.47. The maximum absolute atomic E-state index is 5.53. The van der Waals surface area contributed by atoms with E-state index < -0.39 is 0 Å². The second kappa shape index (κ2) is 8.46. The molecule has 2 heterocycles. The Hall–Kier alpha value is -2.50. The van der Waals surface area contributed by atoms with Crippen LogP contribution in [0.25, 0.3) is 6.08 Å². The Morgan fingerprint density at radius 2 is 1.78 bits per heavy atom. The van der Waals surface area contributed by atoms with Crippen LogP contribution in [0.4, 0.5) is 0 Å². The molecular weight excluding hydrogens is 340 g/mol. The number of ether oxygens (including phenoxy) is 3. The van der Waals surface area contributed by atoms with E-state index in [-0.39, 0.29) is 6.79 Å². The van der Waals surface area contributed by atoms with Crippen LogP contribution in [-0.2, 0) is 6.54 Å². The van der Waals surface area contributed by atoms with Crippen molar-refractivity contribution in [3.8, 4) is 17.2 Å². The van der Waals surface area contributed by atoms with Gasteiger partial charge in [-0.1, -0.05) is 42.5 Å². The number of methoxy groups -OCH3 is 1. The topological polar surface area (TPSA) is 34.2 Å². The number of piperazine rings is 1. The monoisotopic (exact) mass is 366 g/mol. The molecule has 0 aromatic heterocycles. The molecule has 0 N–H and O–H groups in total. The van der Waals surface area contributed by atoms with Crippen molar-refractivity contribution in [1.29, 1.82) is 0 Å². The van der Waals surface area contributed by atoms with Crippen molar-refractivity contribution in [2.24, 2.45) is 0 Å². The smallest absolute Gasteiger partial charge is 0.231 e. The first-order valence-electron chi connectivity index (χ1n) is 9.44. The van der Waals surface area contributed by atoms with Gasteiger partial charge in [0.1, 0.15) is 0 Å². The average molecular weight is 366 g/mol. The quantitative estimate of drug-likeness (QED) is 0.784. The van der Waals surface area contributed by atoms with E-state index in [1.165, 1.54) is 11.1 Å². The van der Waals surface area contributed by atoms with Crippen LogP contribution in [0, 0.1) is 0 Å². The number of hydrogen-bond donors (Lipinski definition) is 0. The Labute approximate surface area is 160 Å². The zero-order valence-corrected chi connectivity index (χ0v) is 15.8. The molecule has 0 amide bonds. The van der Waals surface area contributed by atoms with Crippen LogP contribution in [0.3, 0.4) is 0 Å². The van der Waals surface area contributed by atoms with Gasteiger partial charge in [-0.15, -0.1) is 0 Å². The fourth-order valence-corrected chi connectivity index (χ4v) is 3.57. The van der Waals surface area contributed by atoms with E-state index >= 15 is 0 Å². The third-order valence-electron chi connectivity index (χ3n) is 5.06. The lowest BCUT2D eigenvalue weighted by atomic mass is 10.1. The van der Waals surface area contributed by atoms with E-state index in [1.807, 2.05) is 6.07 Å². The fraction of sp³-hybridized carbons (Fsp3) is 0.364. The molecule has 2 aliphatic heterocycles. The van der Waals surface area contributed by atoms with Gasteiger partial charge in [-0.05, 0) is 23.3 Å². The molecule has 2 aromatic carbocycles. The third kappa shape index (κ3) is 4.43. The number of benzene rings is 2. The maximum Gasteiger partial charge on any atom is 0.231 e. The Bertz CT molecular complexity index is 784. The van der Waals surface area contributed by atoms with Crippen molar-refractivity contribution < 1.29 is 14.2 Å². The Morgan fingerprint density at radius 1 is 1.00 bits per heavy atom. The summed E-state index contributed by atoms with van der Waals surface area (Å²) in [6, 6.07) is 14.6. The molecule has 5 heteroatoms. The van der Waals surface area contributed by atoms with E-state index in [0.717, 1.165) is 56.5 Å². The SMILES string of the molecule is COc1cc(CN2CCN(CC=Cc3ccccc3)CC2)cc2c1OCO2.